The Balaban J connectivity index is 1.81. The van der Waals surface area contributed by atoms with Crippen LogP contribution in [-0.2, 0) is 4.79 Å². The van der Waals surface area contributed by atoms with Crippen LogP contribution in [0.4, 0.5) is 0 Å². The van der Waals surface area contributed by atoms with E-state index in [1.54, 1.807) is 0 Å². The van der Waals surface area contributed by atoms with Crippen molar-refractivity contribution >= 4 is 21.8 Å². The van der Waals surface area contributed by atoms with E-state index in [0.29, 0.717) is 5.75 Å². The van der Waals surface area contributed by atoms with Crippen molar-refractivity contribution in [3.63, 3.8) is 0 Å². The van der Waals surface area contributed by atoms with E-state index in [2.05, 4.69) is 26.6 Å². The largest absolute Gasteiger partial charge is 0.475 e. The first-order valence-corrected chi connectivity index (χ1v) is 8.50. The third kappa shape index (κ3) is 4.12. The first kappa shape index (κ1) is 16.0. The van der Waals surface area contributed by atoms with Crippen LogP contribution in [0.15, 0.2) is 59.1 Å². The summed E-state index contributed by atoms with van der Waals surface area (Å²) in [6.07, 6.45) is 0.276. The molecular formula is C18H19BrN2O2. The molecule has 2 N–H and O–H groups in total. The molecule has 2 aromatic carbocycles. The van der Waals surface area contributed by atoms with Crippen molar-refractivity contribution in [3.05, 3.63) is 64.6 Å². The number of nitrogens with one attached hydrogen (secondary N) is 2. The molecule has 0 bridgehead atoms. The second kappa shape index (κ2) is 7.62. The molecule has 5 heteroatoms. The molecule has 120 valence electrons. The summed E-state index contributed by atoms with van der Waals surface area (Å²) in [6.45, 7) is 1.74. The third-order valence-corrected chi connectivity index (χ3v) is 4.48. The molecule has 3 rings (SSSR count). The Morgan fingerprint density at radius 2 is 1.91 bits per heavy atom. The van der Waals surface area contributed by atoms with Crippen LogP contribution in [0.1, 0.15) is 18.1 Å². The highest BCUT2D eigenvalue weighted by molar-refractivity contribution is 9.10. The maximum absolute atomic E-state index is 12.7. The average molecular weight is 375 g/mol. The first-order valence-electron chi connectivity index (χ1n) is 7.71. The monoisotopic (exact) mass is 374 g/mol. The van der Waals surface area contributed by atoms with Gasteiger partial charge in [-0.05, 0) is 41.0 Å². The zero-order valence-corrected chi connectivity index (χ0v) is 14.3. The molecule has 1 aliphatic rings. The molecule has 1 aliphatic heterocycles. The van der Waals surface area contributed by atoms with Gasteiger partial charge in [0.15, 0.2) is 0 Å². The van der Waals surface area contributed by atoms with Crippen LogP contribution in [0.25, 0.3) is 0 Å². The molecule has 23 heavy (non-hydrogen) atoms. The molecular weight excluding hydrogens is 356 g/mol. The van der Waals surface area contributed by atoms with Gasteiger partial charge in [0, 0.05) is 18.2 Å². The van der Waals surface area contributed by atoms with Crippen molar-refractivity contribution in [2.45, 2.75) is 18.6 Å². The summed E-state index contributed by atoms with van der Waals surface area (Å²) in [4.78, 5) is 12.7. The summed E-state index contributed by atoms with van der Waals surface area (Å²) >= 11 is 3.47. The molecule has 0 spiro atoms. The Kier molecular flexibility index (Phi) is 5.31. The topological polar surface area (TPSA) is 50.4 Å². The van der Waals surface area contributed by atoms with Crippen LogP contribution in [-0.4, -0.2) is 25.0 Å². The van der Waals surface area contributed by atoms with Gasteiger partial charge in [-0.25, -0.2) is 0 Å². The zero-order chi connectivity index (χ0) is 16.1. The molecule has 1 heterocycles. The van der Waals surface area contributed by atoms with Crippen molar-refractivity contribution in [2.75, 3.05) is 13.1 Å². The van der Waals surface area contributed by atoms with E-state index in [1.165, 1.54) is 0 Å². The van der Waals surface area contributed by atoms with Crippen molar-refractivity contribution in [2.24, 2.45) is 0 Å². The highest BCUT2D eigenvalue weighted by Gasteiger charge is 2.26. The lowest BCUT2D eigenvalue weighted by molar-refractivity contribution is -0.128. The minimum atomic E-state index is -0.671. The minimum Gasteiger partial charge on any atom is -0.475 e. The maximum atomic E-state index is 12.7. The van der Waals surface area contributed by atoms with E-state index in [-0.39, 0.29) is 11.9 Å². The first-order chi connectivity index (χ1) is 11.2. The summed E-state index contributed by atoms with van der Waals surface area (Å²) in [7, 11) is 0. The predicted molar refractivity (Wildman–Crippen MR) is 93.4 cm³/mol. The van der Waals surface area contributed by atoms with Crippen molar-refractivity contribution in [1.82, 2.24) is 10.6 Å². The van der Waals surface area contributed by atoms with Crippen LogP contribution >= 0.6 is 15.9 Å². The zero-order valence-electron chi connectivity index (χ0n) is 12.7. The lowest BCUT2D eigenvalue weighted by atomic mass is 10.1. The number of hydrogen-bond donors (Lipinski definition) is 2. The molecule has 2 atom stereocenters. The predicted octanol–water partition coefficient (Wildman–Crippen LogP) is 3.05. The summed E-state index contributed by atoms with van der Waals surface area (Å²) in [5.41, 5.74) is 0.840. The Labute approximate surface area is 144 Å². The molecule has 4 nitrogen and oxygen atoms in total. The van der Waals surface area contributed by atoms with E-state index in [1.807, 2.05) is 54.6 Å². The number of carbonyl (C=O) groups is 1. The van der Waals surface area contributed by atoms with Crippen molar-refractivity contribution in [3.8, 4) is 5.75 Å². The normalized spacial score (nSPS) is 18.4. The van der Waals surface area contributed by atoms with E-state index >= 15 is 0 Å². The van der Waals surface area contributed by atoms with Gasteiger partial charge >= 0.3 is 0 Å². The number of benzene rings is 2. The number of rotatable bonds is 5. The molecule has 0 aromatic heterocycles. The van der Waals surface area contributed by atoms with Crippen molar-refractivity contribution < 1.29 is 9.53 Å². The molecule has 0 aliphatic carbocycles. The maximum Gasteiger partial charge on any atom is 0.266 e. The number of halogens is 1. The lowest BCUT2D eigenvalue weighted by Crippen LogP contribution is -2.40. The van der Waals surface area contributed by atoms with Gasteiger partial charge < -0.3 is 15.4 Å². The van der Waals surface area contributed by atoms with Crippen LogP contribution < -0.4 is 15.4 Å². The molecule has 0 radical (unpaired) electrons. The third-order valence-electron chi connectivity index (χ3n) is 3.83. The quantitative estimate of drug-likeness (QED) is 0.845. The molecule has 2 aromatic rings. The lowest BCUT2D eigenvalue weighted by Gasteiger charge is -2.22. The molecule has 1 saturated heterocycles. The molecule has 1 amide bonds. The van der Waals surface area contributed by atoms with E-state index in [0.717, 1.165) is 29.5 Å². The Bertz CT molecular complexity index is 657. The van der Waals surface area contributed by atoms with Gasteiger partial charge in [-0.2, -0.15) is 0 Å². The van der Waals surface area contributed by atoms with Gasteiger partial charge in [-0.15, -0.1) is 0 Å². The summed E-state index contributed by atoms with van der Waals surface area (Å²) < 4.78 is 6.85. The number of ether oxygens (including phenoxy) is 1. The summed E-state index contributed by atoms with van der Waals surface area (Å²) in [6, 6.07) is 17.3. The van der Waals surface area contributed by atoms with Crippen LogP contribution in [0.5, 0.6) is 5.75 Å². The minimum absolute atomic E-state index is 0.111. The number of hydrogen-bond acceptors (Lipinski definition) is 3. The summed E-state index contributed by atoms with van der Waals surface area (Å²) in [5.74, 6) is 0.543. The van der Waals surface area contributed by atoms with Gasteiger partial charge in [-0.1, -0.05) is 42.5 Å². The van der Waals surface area contributed by atoms with Gasteiger partial charge in [0.1, 0.15) is 5.75 Å². The second-order valence-corrected chi connectivity index (χ2v) is 6.39. The van der Waals surface area contributed by atoms with Crippen LogP contribution in [0, 0.1) is 0 Å². The Morgan fingerprint density at radius 1 is 1.17 bits per heavy atom. The highest BCUT2D eigenvalue weighted by Crippen LogP contribution is 2.29. The average Bonchev–Trinajstić information content (AvgIpc) is 3.08. The van der Waals surface area contributed by atoms with Crippen LogP contribution in [0.3, 0.4) is 0 Å². The molecule has 0 saturated carbocycles. The van der Waals surface area contributed by atoms with E-state index in [4.69, 9.17) is 4.74 Å². The SMILES string of the molecule is O=C(NC1CCNC1)C(Oc1ccccc1Br)c1ccccc1. The smallest absolute Gasteiger partial charge is 0.266 e. The van der Waals surface area contributed by atoms with E-state index < -0.39 is 6.10 Å². The number of carbonyl (C=O) groups excluding carboxylic acids is 1. The second-order valence-electron chi connectivity index (χ2n) is 5.54. The summed E-state index contributed by atoms with van der Waals surface area (Å²) in [5, 5.41) is 6.33. The molecule has 2 unspecified atom stereocenters. The fourth-order valence-electron chi connectivity index (χ4n) is 2.62. The Hall–Kier alpha value is -1.85. The number of amides is 1. The fraction of sp³-hybridized carbons (Fsp3) is 0.278. The van der Waals surface area contributed by atoms with E-state index in [9.17, 15) is 4.79 Å². The highest BCUT2D eigenvalue weighted by atomic mass is 79.9. The van der Waals surface area contributed by atoms with Gasteiger partial charge in [0.05, 0.1) is 4.47 Å². The molecule has 1 fully saturated rings. The van der Waals surface area contributed by atoms with Crippen LogP contribution in [0.2, 0.25) is 0 Å². The fourth-order valence-corrected chi connectivity index (χ4v) is 3.00. The Morgan fingerprint density at radius 3 is 2.61 bits per heavy atom. The van der Waals surface area contributed by atoms with Gasteiger partial charge in [0.25, 0.3) is 5.91 Å². The number of para-hydroxylation sites is 1. The van der Waals surface area contributed by atoms with Gasteiger partial charge in [0.2, 0.25) is 6.10 Å². The standard InChI is InChI=1S/C18H19BrN2O2/c19-15-8-4-5-9-16(15)23-17(13-6-2-1-3-7-13)18(22)21-14-10-11-20-12-14/h1-9,14,17,20H,10-12H2,(H,21,22). The van der Waals surface area contributed by atoms with Crippen molar-refractivity contribution in [1.29, 1.82) is 0 Å². The van der Waals surface area contributed by atoms with Gasteiger partial charge in [-0.3, -0.25) is 4.79 Å².